The summed E-state index contributed by atoms with van der Waals surface area (Å²) in [6.45, 7) is 7.64. The molecular formula is C20H24N2O. The zero-order valence-electron chi connectivity index (χ0n) is 14.1. The minimum absolute atomic E-state index is 0.0184. The molecule has 1 aliphatic heterocycles. The van der Waals surface area contributed by atoms with Crippen LogP contribution in [0.5, 0.6) is 0 Å². The van der Waals surface area contributed by atoms with Gasteiger partial charge in [0.1, 0.15) is 0 Å². The Morgan fingerprint density at radius 2 is 1.87 bits per heavy atom. The zero-order chi connectivity index (χ0) is 16.4. The number of hydrogen-bond donors (Lipinski definition) is 2. The first-order chi connectivity index (χ1) is 11.1. The Morgan fingerprint density at radius 3 is 2.61 bits per heavy atom. The summed E-state index contributed by atoms with van der Waals surface area (Å²) in [5.74, 6) is 0.0184. The lowest BCUT2D eigenvalue weighted by atomic mass is 9.94. The lowest BCUT2D eigenvalue weighted by Gasteiger charge is -2.27. The van der Waals surface area contributed by atoms with Crippen LogP contribution >= 0.6 is 0 Å². The standard InChI is InChI=1S/C20H24N2O/c1-13-10-14(2)19(15(3)11-13)20(23)22-12-18-17-7-5-4-6-16(17)8-9-21-18/h4-7,10-11,18,21H,8-9,12H2,1-3H3,(H,22,23). The number of nitrogens with one attached hydrogen (secondary N) is 2. The second-order valence-electron chi connectivity index (χ2n) is 6.44. The van der Waals surface area contributed by atoms with Crippen molar-refractivity contribution in [2.24, 2.45) is 0 Å². The van der Waals surface area contributed by atoms with E-state index in [1.165, 1.54) is 16.7 Å². The Labute approximate surface area is 138 Å². The van der Waals surface area contributed by atoms with Gasteiger partial charge < -0.3 is 10.6 Å². The molecule has 1 heterocycles. The summed E-state index contributed by atoms with van der Waals surface area (Å²) in [5.41, 5.74) is 6.76. The van der Waals surface area contributed by atoms with Crippen LogP contribution in [-0.4, -0.2) is 19.0 Å². The maximum atomic E-state index is 12.6. The Morgan fingerprint density at radius 1 is 1.17 bits per heavy atom. The van der Waals surface area contributed by atoms with Gasteiger partial charge in [-0.25, -0.2) is 0 Å². The van der Waals surface area contributed by atoms with Crippen molar-refractivity contribution in [1.82, 2.24) is 10.6 Å². The summed E-state index contributed by atoms with van der Waals surface area (Å²) in [7, 11) is 0. The minimum atomic E-state index is 0.0184. The second kappa shape index (κ2) is 6.55. The SMILES string of the molecule is Cc1cc(C)c(C(=O)NCC2NCCc3ccccc32)c(C)c1. The Hall–Kier alpha value is -2.13. The molecule has 0 fully saturated rings. The van der Waals surface area contributed by atoms with Gasteiger partial charge in [-0.1, -0.05) is 42.0 Å². The number of rotatable bonds is 3. The lowest BCUT2D eigenvalue weighted by Crippen LogP contribution is -2.39. The fraction of sp³-hybridized carbons (Fsp3) is 0.350. The van der Waals surface area contributed by atoms with E-state index in [-0.39, 0.29) is 11.9 Å². The topological polar surface area (TPSA) is 41.1 Å². The molecule has 2 N–H and O–H groups in total. The number of aryl methyl sites for hydroxylation is 3. The van der Waals surface area contributed by atoms with Crippen LogP contribution in [0.3, 0.4) is 0 Å². The van der Waals surface area contributed by atoms with Crippen molar-refractivity contribution in [3.8, 4) is 0 Å². The number of carbonyl (C=O) groups excluding carboxylic acids is 1. The number of amides is 1. The summed E-state index contributed by atoms with van der Waals surface area (Å²) < 4.78 is 0. The first-order valence-electron chi connectivity index (χ1n) is 8.23. The quantitative estimate of drug-likeness (QED) is 0.914. The second-order valence-corrected chi connectivity index (χ2v) is 6.44. The van der Waals surface area contributed by atoms with Gasteiger partial charge in [0.15, 0.2) is 0 Å². The van der Waals surface area contributed by atoms with Gasteiger partial charge in [0.05, 0.1) is 0 Å². The molecule has 23 heavy (non-hydrogen) atoms. The third kappa shape index (κ3) is 3.30. The zero-order valence-corrected chi connectivity index (χ0v) is 14.1. The van der Waals surface area contributed by atoms with E-state index in [1.54, 1.807) is 0 Å². The molecule has 0 saturated carbocycles. The Kier molecular flexibility index (Phi) is 4.49. The summed E-state index contributed by atoms with van der Waals surface area (Å²) in [6, 6.07) is 12.8. The number of fused-ring (bicyclic) bond motifs is 1. The Balaban J connectivity index is 1.74. The molecule has 3 heteroatoms. The highest BCUT2D eigenvalue weighted by Gasteiger charge is 2.20. The minimum Gasteiger partial charge on any atom is -0.350 e. The first-order valence-corrected chi connectivity index (χ1v) is 8.23. The van der Waals surface area contributed by atoms with Gasteiger partial charge in [0.2, 0.25) is 0 Å². The van der Waals surface area contributed by atoms with E-state index in [2.05, 4.69) is 54.0 Å². The molecular weight excluding hydrogens is 284 g/mol. The maximum absolute atomic E-state index is 12.6. The highest BCUT2D eigenvalue weighted by molar-refractivity contribution is 5.97. The molecule has 1 aliphatic rings. The molecule has 3 nitrogen and oxygen atoms in total. The van der Waals surface area contributed by atoms with E-state index in [0.717, 1.165) is 29.7 Å². The largest absolute Gasteiger partial charge is 0.350 e. The molecule has 0 aromatic heterocycles. The summed E-state index contributed by atoms with van der Waals surface area (Å²) in [4.78, 5) is 12.6. The molecule has 0 spiro atoms. The molecule has 2 aromatic carbocycles. The summed E-state index contributed by atoms with van der Waals surface area (Å²) in [5, 5.41) is 6.61. The fourth-order valence-electron chi connectivity index (χ4n) is 3.60. The highest BCUT2D eigenvalue weighted by atomic mass is 16.1. The van der Waals surface area contributed by atoms with Crippen LogP contribution in [0.1, 0.15) is 44.2 Å². The molecule has 2 aromatic rings. The van der Waals surface area contributed by atoms with Crippen LogP contribution in [0.15, 0.2) is 36.4 Å². The van der Waals surface area contributed by atoms with Crippen LogP contribution in [-0.2, 0) is 6.42 Å². The molecule has 0 radical (unpaired) electrons. The van der Waals surface area contributed by atoms with Gasteiger partial charge in [0.25, 0.3) is 5.91 Å². The third-order valence-corrected chi connectivity index (χ3v) is 4.59. The van der Waals surface area contributed by atoms with Crippen LogP contribution in [0, 0.1) is 20.8 Å². The number of carbonyl (C=O) groups is 1. The van der Waals surface area contributed by atoms with E-state index in [9.17, 15) is 4.79 Å². The Bertz CT molecular complexity index is 713. The van der Waals surface area contributed by atoms with Crippen molar-refractivity contribution >= 4 is 5.91 Å². The average Bonchev–Trinajstić information content (AvgIpc) is 2.52. The monoisotopic (exact) mass is 308 g/mol. The molecule has 1 atom stereocenters. The van der Waals surface area contributed by atoms with Crippen LogP contribution in [0.25, 0.3) is 0 Å². The summed E-state index contributed by atoms with van der Waals surface area (Å²) in [6.07, 6.45) is 1.05. The van der Waals surface area contributed by atoms with Crippen molar-refractivity contribution in [3.05, 3.63) is 69.8 Å². The predicted octanol–water partition coefficient (Wildman–Crippen LogP) is 3.23. The van der Waals surface area contributed by atoms with E-state index in [1.807, 2.05) is 13.8 Å². The van der Waals surface area contributed by atoms with Crippen molar-refractivity contribution in [2.75, 3.05) is 13.1 Å². The van der Waals surface area contributed by atoms with Crippen molar-refractivity contribution in [3.63, 3.8) is 0 Å². The lowest BCUT2D eigenvalue weighted by molar-refractivity contribution is 0.0948. The highest BCUT2D eigenvalue weighted by Crippen LogP contribution is 2.22. The van der Waals surface area contributed by atoms with E-state index in [4.69, 9.17) is 0 Å². The molecule has 0 saturated heterocycles. The number of benzene rings is 2. The van der Waals surface area contributed by atoms with Crippen molar-refractivity contribution < 1.29 is 4.79 Å². The van der Waals surface area contributed by atoms with Gasteiger partial charge >= 0.3 is 0 Å². The molecule has 1 unspecified atom stereocenters. The van der Waals surface area contributed by atoms with Crippen LogP contribution in [0.2, 0.25) is 0 Å². The fourth-order valence-corrected chi connectivity index (χ4v) is 3.60. The van der Waals surface area contributed by atoms with E-state index < -0.39 is 0 Å². The maximum Gasteiger partial charge on any atom is 0.251 e. The molecule has 120 valence electrons. The summed E-state index contributed by atoms with van der Waals surface area (Å²) >= 11 is 0. The van der Waals surface area contributed by atoms with Gasteiger partial charge in [-0.15, -0.1) is 0 Å². The first kappa shape index (κ1) is 15.8. The van der Waals surface area contributed by atoms with Crippen LogP contribution < -0.4 is 10.6 Å². The molecule has 0 bridgehead atoms. The van der Waals surface area contributed by atoms with Crippen molar-refractivity contribution in [1.29, 1.82) is 0 Å². The van der Waals surface area contributed by atoms with Crippen molar-refractivity contribution in [2.45, 2.75) is 33.2 Å². The normalized spacial score (nSPS) is 16.7. The number of hydrogen-bond acceptors (Lipinski definition) is 2. The smallest absolute Gasteiger partial charge is 0.251 e. The molecule has 1 amide bonds. The molecule has 3 rings (SSSR count). The van der Waals surface area contributed by atoms with Gasteiger partial charge in [-0.05, 0) is 56.0 Å². The van der Waals surface area contributed by atoms with E-state index >= 15 is 0 Å². The van der Waals surface area contributed by atoms with Gasteiger partial charge in [-0.2, -0.15) is 0 Å². The third-order valence-electron chi connectivity index (χ3n) is 4.59. The predicted molar refractivity (Wildman–Crippen MR) is 93.9 cm³/mol. The molecule has 0 aliphatic carbocycles. The van der Waals surface area contributed by atoms with Gasteiger partial charge in [-0.3, -0.25) is 4.79 Å². The van der Waals surface area contributed by atoms with Gasteiger partial charge in [0, 0.05) is 18.2 Å². The van der Waals surface area contributed by atoms with Crippen LogP contribution in [0.4, 0.5) is 0 Å². The van der Waals surface area contributed by atoms with E-state index in [0.29, 0.717) is 6.54 Å². The average molecular weight is 308 g/mol.